The molecule has 0 unspecified atom stereocenters. The van der Waals surface area contributed by atoms with Crippen molar-refractivity contribution >= 4 is 73.9 Å². The number of benzene rings is 1. The Labute approximate surface area is 173 Å². The van der Waals surface area contributed by atoms with Crippen molar-refractivity contribution < 1.29 is 14.3 Å². The monoisotopic (exact) mass is 551 g/mol. The molecule has 0 saturated carbocycles. The summed E-state index contributed by atoms with van der Waals surface area (Å²) in [6.07, 6.45) is 1.43. The van der Waals surface area contributed by atoms with Crippen molar-refractivity contribution in [3.63, 3.8) is 0 Å². The predicted octanol–water partition coefficient (Wildman–Crippen LogP) is 5.30. The zero-order chi connectivity index (χ0) is 18.0. The summed E-state index contributed by atoms with van der Waals surface area (Å²) >= 11 is 12.1. The van der Waals surface area contributed by atoms with Crippen molar-refractivity contribution in [3.05, 3.63) is 54.3 Å². The van der Waals surface area contributed by atoms with Gasteiger partial charge in [-0.3, -0.25) is 5.10 Å². The average Bonchev–Trinajstić information content (AvgIpc) is 3.14. The highest BCUT2D eigenvalue weighted by molar-refractivity contribution is 14.1. The van der Waals surface area contributed by atoms with Gasteiger partial charge in [0.15, 0.2) is 9.59 Å². The number of aromatic amines is 1. The van der Waals surface area contributed by atoms with Gasteiger partial charge < -0.3 is 9.52 Å². The number of carboxylic acid groups (broad SMARTS) is 1. The van der Waals surface area contributed by atoms with Crippen LogP contribution in [0.2, 0.25) is 5.02 Å². The molecule has 0 fully saturated rings. The molecule has 0 saturated heterocycles. The van der Waals surface area contributed by atoms with Gasteiger partial charge >= 0.3 is 5.97 Å². The SMILES string of the molecule is O=C(O)/C(=C/c1cc(Br)c(I)o1)Sc1n[nH]c(-c2ccc(Cl)cc2)n1. The third-order valence-electron chi connectivity index (χ3n) is 2.93. The molecular weight excluding hydrogens is 545 g/mol. The van der Waals surface area contributed by atoms with Gasteiger partial charge in [-0.1, -0.05) is 11.6 Å². The third kappa shape index (κ3) is 4.66. The highest BCUT2D eigenvalue weighted by Gasteiger charge is 2.16. The number of carboxylic acids is 1. The second kappa shape index (κ2) is 7.94. The van der Waals surface area contributed by atoms with E-state index in [1.807, 2.05) is 22.6 Å². The van der Waals surface area contributed by atoms with E-state index >= 15 is 0 Å². The van der Waals surface area contributed by atoms with E-state index in [9.17, 15) is 9.90 Å². The van der Waals surface area contributed by atoms with E-state index in [1.165, 1.54) is 6.08 Å². The molecule has 0 atom stereocenters. The third-order valence-corrected chi connectivity index (χ3v) is 6.19. The van der Waals surface area contributed by atoms with E-state index in [0.717, 1.165) is 21.8 Å². The number of H-pyrrole nitrogens is 1. The quantitative estimate of drug-likeness (QED) is 0.254. The van der Waals surface area contributed by atoms with Crippen LogP contribution >= 0.6 is 61.9 Å². The van der Waals surface area contributed by atoms with Crippen LogP contribution in [0.1, 0.15) is 5.76 Å². The summed E-state index contributed by atoms with van der Waals surface area (Å²) in [5.41, 5.74) is 0.800. The molecule has 0 aliphatic heterocycles. The summed E-state index contributed by atoms with van der Waals surface area (Å²) in [7, 11) is 0. The molecule has 3 rings (SSSR count). The maximum atomic E-state index is 11.5. The first-order valence-electron chi connectivity index (χ1n) is 6.68. The standard InChI is InChI=1S/C15H8BrClIN3O3S/c16-10-5-9(24-12(10)18)6-11(14(22)23)25-15-19-13(20-21-15)7-1-3-8(17)4-2-7/h1-6H,(H,22,23)(H,19,20,21)/b11-6-. The Balaban J connectivity index is 1.83. The number of furan rings is 1. The molecule has 128 valence electrons. The van der Waals surface area contributed by atoms with Gasteiger partial charge in [0.25, 0.3) is 0 Å². The van der Waals surface area contributed by atoms with Crippen molar-refractivity contribution in [3.8, 4) is 11.4 Å². The Bertz CT molecular complexity index is 936. The smallest absolute Gasteiger partial charge is 0.342 e. The molecule has 2 aromatic heterocycles. The van der Waals surface area contributed by atoms with Crippen LogP contribution in [0.15, 0.2) is 49.3 Å². The molecule has 3 aromatic rings. The minimum Gasteiger partial charge on any atom is -0.477 e. The normalized spacial score (nSPS) is 11.7. The Kier molecular flexibility index (Phi) is 5.87. The first-order valence-corrected chi connectivity index (χ1v) is 9.75. The second-order valence-electron chi connectivity index (χ2n) is 4.66. The first-order chi connectivity index (χ1) is 11.9. The van der Waals surface area contributed by atoms with Crippen molar-refractivity contribution in [1.29, 1.82) is 0 Å². The molecule has 0 spiro atoms. The number of hydrogen-bond donors (Lipinski definition) is 2. The molecule has 1 aromatic carbocycles. The van der Waals surface area contributed by atoms with Crippen LogP contribution in [0.25, 0.3) is 17.5 Å². The first kappa shape index (κ1) is 18.5. The van der Waals surface area contributed by atoms with Gasteiger partial charge in [-0.15, -0.1) is 5.10 Å². The van der Waals surface area contributed by atoms with Crippen molar-refractivity contribution in [2.75, 3.05) is 0 Å². The fourth-order valence-corrected chi connectivity index (χ4v) is 3.36. The molecule has 2 N–H and O–H groups in total. The van der Waals surface area contributed by atoms with Gasteiger partial charge in [-0.05, 0) is 58.0 Å². The molecule has 2 heterocycles. The molecule has 6 nitrogen and oxygen atoms in total. The second-order valence-corrected chi connectivity index (χ2v) is 7.94. The summed E-state index contributed by atoms with van der Waals surface area (Å²) in [5, 5.41) is 17.1. The highest BCUT2D eigenvalue weighted by Crippen LogP contribution is 2.30. The van der Waals surface area contributed by atoms with E-state index in [4.69, 9.17) is 16.0 Å². The highest BCUT2D eigenvalue weighted by atomic mass is 127. The van der Waals surface area contributed by atoms with Crippen molar-refractivity contribution in [1.82, 2.24) is 15.2 Å². The number of hydrogen-bond acceptors (Lipinski definition) is 5. The molecule has 10 heteroatoms. The molecule has 0 radical (unpaired) electrons. The molecule has 0 amide bonds. The van der Waals surface area contributed by atoms with Crippen LogP contribution in [0.4, 0.5) is 0 Å². The summed E-state index contributed by atoms with van der Waals surface area (Å²) < 4.78 is 6.85. The van der Waals surface area contributed by atoms with E-state index in [1.54, 1.807) is 30.3 Å². The molecule has 25 heavy (non-hydrogen) atoms. The number of thioether (sulfide) groups is 1. The van der Waals surface area contributed by atoms with E-state index < -0.39 is 5.97 Å². The maximum Gasteiger partial charge on any atom is 0.342 e. The molecule has 0 aliphatic rings. The zero-order valence-electron chi connectivity index (χ0n) is 12.2. The largest absolute Gasteiger partial charge is 0.477 e. The van der Waals surface area contributed by atoms with Gasteiger partial charge in [0.2, 0.25) is 5.16 Å². The summed E-state index contributed by atoms with van der Waals surface area (Å²) in [6, 6.07) is 8.78. The fraction of sp³-hybridized carbons (Fsp3) is 0. The zero-order valence-corrected chi connectivity index (χ0v) is 17.5. The van der Waals surface area contributed by atoms with Gasteiger partial charge in [0.1, 0.15) is 10.7 Å². The Hall–Kier alpha value is -1.30. The lowest BCUT2D eigenvalue weighted by Crippen LogP contribution is -1.97. The van der Waals surface area contributed by atoms with Crippen LogP contribution in [0.5, 0.6) is 0 Å². The average molecular weight is 553 g/mol. The lowest BCUT2D eigenvalue weighted by atomic mass is 10.2. The van der Waals surface area contributed by atoms with Gasteiger partial charge in [0, 0.05) is 39.3 Å². The van der Waals surface area contributed by atoms with Crippen LogP contribution < -0.4 is 0 Å². The lowest BCUT2D eigenvalue weighted by molar-refractivity contribution is -0.131. The van der Waals surface area contributed by atoms with E-state index in [2.05, 4.69) is 31.1 Å². The van der Waals surface area contributed by atoms with Crippen LogP contribution in [0.3, 0.4) is 0 Å². The fourth-order valence-electron chi connectivity index (χ4n) is 1.83. The summed E-state index contributed by atoms with van der Waals surface area (Å²) in [6.45, 7) is 0. The van der Waals surface area contributed by atoms with Crippen LogP contribution in [0, 0.1) is 3.77 Å². The Morgan fingerprint density at radius 2 is 2.12 bits per heavy atom. The van der Waals surface area contributed by atoms with Gasteiger partial charge in [-0.25, -0.2) is 9.78 Å². The van der Waals surface area contributed by atoms with E-state index in [-0.39, 0.29) is 4.91 Å². The number of rotatable bonds is 5. The van der Waals surface area contributed by atoms with Gasteiger partial charge in [-0.2, -0.15) is 0 Å². The summed E-state index contributed by atoms with van der Waals surface area (Å²) in [5.74, 6) is -0.140. The number of aromatic nitrogens is 3. The lowest BCUT2D eigenvalue weighted by Gasteiger charge is -1.97. The number of aliphatic carboxylic acids is 1. The minimum absolute atomic E-state index is 0.0410. The molecule has 0 bridgehead atoms. The number of nitrogens with one attached hydrogen (secondary N) is 1. The van der Waals surface area contributed by atoms with Crippen LogP contribution in [-0.4, -0.2) is 26.3 Å². The van der Waals surface area contributed by atoms with Crippen molar-refractivity contribution in [2.45, 2.75) is 5.16 Å². The van der Waals surface area contributed by atoms with Crippen molar-refractivity contribution in [2.24, 2.45) is 0 Å². The topological polar surface area (TPSA) is 92.0 Å². The van der Waals surface area contributed by atoms with Crippen LogP contribution in [-0.2, 0) is 4.79 Å². The Morgan fingerprint density at radius 3 is 2.72 bits per heavy atom. The van der Waals surface area contributed by atoms with Gasteiger partial charge in [0.05, 0.1) is 4.47 Å². The predicted molar refractivity (Wildman–Crippen MR) is 107 cm³/mol. The maximum absolute atomic E-state index is 11.5. The number of halogens is 3. The summed E-state index contributed by atoms with van der Waals surface area (Å²) in [4.78, 5) is 15.8. The molecule has 0 aliphatic carbocycles. The number of carbonyl (C=O) groups is 1. The minimum atomic E-state index is -1.09. The number of nitrogens with zero attached hydrogens (tertiary/aromatic N) is 2. The Morgan fingerprint density at radius 1 is 1.40 bits per heavy atom. The van der Waals surface area contributed by atoms with E-state index in [0.29, 0.717) is 25.5 Å². The molecular formula is C15H8BrClIN3O3S.